The highest BCUT2D eigenvalue weighted by atomic mass is 35.5. The third kappa shape index (κ3) is 3.75. The quantitative estimate of drug-likeness (QED) is 0.409. The minimum absolute atomic E-state index is 0.321. The van der Waals surface area contributed by atoms with Gasteiger partial charge in [0.2, 0.25) is 0 Å². The van der Waals surface area contributed by atoms with Crippen LogP contribution in [0.25, 0.3) is 22.5 Å². The van der Waals surface area contributed by atoms with Crippen molar-refractivity contribution in [2.45, 2.75) is 5.75 Å². The van der Waals surface area contributed by atoms with Crippen LogP contribution in [0.4, 0.5) is 4.39 Å². The molecule has 0 aliphatic heterocycles. The Morgan fingerprint density at radius 2 is 1.59 bits per heavy atom. The molecule has 6 heteroatoms. The molecule has 0 aliphatic carbocycles. The van der Waals surface area contributed by atoms with E-state index in [1.807, 2.05) is 54.6 Å². The molecule has 3 aromatic carbocycles. The third-order valence-corrected chi connectivity index (χ3v) is 5.43. The van der Waals surface area contributed by atoms with Gasteiger partial charge in [-0.1, -0.05) is 77.5 Å². The first-order valence-electron chi connectivity index (χ1n) is 8.37. The van der Waals surface area contributed by atoms with E-state index in [9.17, 15) is 4.39 Å². The fraction of sp³-hybridized carbons (Fsp3) is 0.0476. The molecule has 0 bridgehead atoms. The molecule has 134 valence electrons. The van der Waals surface area contributed by atoms with Crippen LogP contribution in [0.15, 0.2) is 78.9 Å². The maximum Gasteiger partial charge on any atom is 0.132 e. The fourth-order valence-electron chi connectivity index (χ4n) is 2.78. The second-order valence-corrected chi connectivity index (χ2v) is 7.17. The van der Waals surface area contributed by atoms with Gasteiger partial charge in [-0.2, -0.15) is 4.09 Å². The van der Waals surface area contributed by atoms with Gasteiger partial charge in [0, 0.05) is 21.9 Å². The first-order chi connectivity index (χ1) is 13.2. The smallest absolute Gasteiger partial charge is 0.132 e. The van der Waals surface area contributed by atoms with Gasteiger partial charge in [0.1, 0.15) is 17.2 Å². The van der Waals surface area contributed by atoms with Crippen LogP contribution in [0.2, 0.25) is 5.02 Å². The molecule has 27 heavy (non-hydrogen) atoms. The van der Waals surface area contributed by atoms with E-state index in [-0.39, 0.29) is 5.82 Å². The van der Waals surface area contributed by atoms with Crippen molar-refractivity contribution in [2.24, 2.45) is 0 Å². The monoisotopic (exact) mass is 395 g/mol. The molecule has 0 N–H and O–H groups in total. The minimum atomic E-state index is -0.321. The molecule has 0 aliphatic rings. The Kier molecular flexibility index (Phi) is 5.23. The fourth-order valence-corrected chi connectivity index (χ4v) is 3.99. The Morgan fingerprint density at radius 3 is 2.37 bits per heavy atom. The first kappa shape index (κ1) is 17.8. The summed E-state index contributed by atoms with van der Waals surface area (Å²) < 4.78 is 16.1. The number of halogens is 2. The Bertz CT molecular complexity index is 1070. The minimum Gasteiger partial charge on any atom is -0.206 e. The SMILES string of the molecule is Fc1ccccc1-c1nnn(SCc2ccccc2Cl)c1-c1ccccc1. The number of hydrogen-bond acceptors (Lipinski definition) is 3. The van der Waals surface area contributed by atoms with E-state index >= 15 is 0 Å². The van der Waals surface area contributed by atoms with Crippen LogP contribution in [0.3, 0.4) is 0 Å². The van der Waals surface area contributed by atoms with Crippen molar-refractivity contribution in [3.8, 4) is 22.5 Å². The summed E-state index contributed by atoms with van der Waals surface area (Å²) in [6.45, 7) is 0. The summed E-state index contributed by atoms with van der Waals surface area (Å²) in [4.78, 5) is 0. The van der Waals surface area contributed by atoms with E-state index in [0.717, 1.165) is 16.8 Å². The Hall–Kier alpha value is -2.63. The Labute approximate surface area is 165 Å². The van der Waals surface area contributed by atoms with Gasteiger partial charge in [0.05, 0.1) is 0 Å². The molecule has 0 spiro atoms. The molecule has 4 aromatic rings. The third-order valence-electron chi connectivity index (χ3n) is 4.12. The summed E-state index contributed by atoms with van der Waals surface area (Å²) in [6.07, 6.45) is 0. The van der Waals surface area contributed by atoms with Gasteiger partial charge in [0.25, 0.3) is 0 Å². The molecule has 3 nitrogen and oxygen atoms in total. The van der Waals surface area contributed by atoms with Crippen molar-refractivity contribution in [1.82, 2.24) is 14.4 Å². The molecule has 0 radical (unpaired) electrons. The van der Waals surface area contributed by atoms with Gasteiger partial charge in [-0.3, -0.25) is 0 Å². The summed E-state index contributed by atoms with van der Waals surface area (Å²) in [5.74, 6) is 0.303. The number of aromatic nitrogens is 3. The van der Waals surface area contributed by atoms with Crippen LogP contribution in [0.1, 0.15) is 5.56 Å². The van der Waals surface area contributed by atoms with Crippen molar-refractivity contribution >= 4 is 23.5 Å². The molecule has 0 saturated carbocycles. The van der Waals surface area contributed by atoms with E-state index in [4.69, 9.17) is 11.6 Å². The highest BCUT2D eigenvalue weighted by Crippen LogP contribution is 2.34. The van der Waals surface area contributed by atoms with Gasteiger partial charge in [-0.25, -0.2) is 4.39 Å². The predicted molar refractivity (Wildman–Crippen MR) is 109 cm³/mol. The second-order valence-electron chi connectivity index (χ2n) is 5.87. The van der Waals surface area contributed by atoms with Crippen LogP contribution in [-0.2, 0) is 5.75 Å². The molecule has 4 rings (SSSR count). The van der Waals surface area contributed by atoms with E-state index in [1.54, 1.807) is 22.3 Å². The van der Waals surface area contributed by atoms with Crippen molar-refractivity contribution < 1.29 is 4.39 Å². The van der Waals surface area contributed by atoms with E-state index in [2.05, 4.69) is 10.3 Å². The summed E-state index contributed by atoms with van der Waals surface area (Å²) in [5.41, 5.74) is 3.64. The average Bonchev–Trinajstić information content (AvgIpc) is 3.12. The lowest BCUT2D eigenvalue weighted by atomic mass is 10.0. The van der Waals surface area contributed by atoms with Crippen LogP contribution in [-0.4, -0.2) is 14.4 Å². The normalized spacial score (nSPS) is 10.9. The van der Waals surface area contributed by atoms with Gasteiger partial charge in [-0.05, 0) is 35.7 Å². The van der Waals surface area contributed by atoms with Crippen molar-refractivity contribution in [3.05, 3.63) is 95.3 Å². The van der Waals surface area contributed by atoms with Crippen LogP contribution in [0, 0.1) is 5.82 Å². The summed E-state index contributed by atoms with van der Waals surface area (Å²) in [7, 11) is 0. The molecule has 1 heterocycles. The molecule has 1 aromatic heterocycles. The lowest BCUT2D eigenvalue weighted by Crippen LogP contribution is -1.96. The largest absolute Gasteiger partial charge is 0.206 e. The number of hydrogen-bond donors (Lipinski definition) is 0. The summed E-state index contributed by atoms with van der Waals surface area (Å²) >= 11 is 7.73. The topological polar surface area (TPSA) is 30.7 Å². The average molecular weight is 396 g/mol. The summed E-state index contributed by atoms with van der Waals surface area (Å²) in [5, 5.41) is 9.26. The first-order valence-corrected chi connectivity index (χ1v) is 9.69. The molecule has 0 saturated heterocycles. The van der Waals surface area contributed by atoms with Crippen LogP contribution >= 0.6 is 23.5 Å². The molecular formula is C21H15ClFN3S. The number of nitrogens with zero attached hydrogens (tertiary/aromatic N) is 3. The molecule has 0 atom stereocenters. The van der Waals surface area contributed by atoms with Crippen molar-refractivity contribution in [3.63, 3.8) is 0 Å². The van der Waals surface area contributed by atoms with Crippen LogP contribution in [0.5, 0.6) is 0 Å². The van der Waals surface area contributed by atoms with E-state index < -0.39 is 0 Å². The Balaban J connectivity index is 1.76. The highest BCUT2D eigenvalue weighted by molar-refractivity contribution is 7.97. The number of rotatable bonds is 5. The zero-order chi connectivity index (χ0) is 18.6. The highest BCUT2D eigenvalue weighted by Gasteiger charge is 2.19. The summed E-state index contributed by atoms with van der Waals surface area (Å²) in [6, 6.07) is 24.1. The Morgan fingerprint density at radius 1 is 0.889 bits per heavy atom. The standard InChI is InChI=1S/C21H15ClFN3S/c22-18-12-6-4-10-16(18)14-27-26-21(15-8-2-1-3-9-15)20(24-25-26)17-11-5-7-13-19(17)23/h1-13H,14H2. The van der Waals surface area contributed by atoms with Crippen LogP contribution < -0.4 is 0 Å². The molecular weight excluding hydrogens is 381 g/mol. The van der Waals surface area contributed by atoms with Gasteiger partial charge >= 0.3 is 0 Å². The lowest BCUT2D eigenvalue weighted by Gasteiger charge is -2.09. The molecule has 0 amide bonds. The second kappa shape index (κ2) is 7.94. The zero-order valence-corrected chi connectivity index (χ0v) is 15.8. The molecule has 0 fully saturated rings. The van der Waals surface area contributed by atoms with Gasteiger partial charge < -0.3 is 0 Å². The zero-order valence-electron chi connectivity index (χ0n) is 14.2. The molecule has 0 unspecified atom stereocenters. The van der Waals surface area contributed by atoms with E-state index in [1.165, 1.54) is 18.0 Å². The van der Waals surface area contributed by atoms with Gasteiger partial charge in [0.15, 0.2) is 0 Å². The number of benzene rings is 3. The lowest BCUT2D eigenvalue weighted by molar-refractivity contribution is 0.630. The van der Waals surface area contributed by atoms with E-state index in [0.29, 0.717) is 22.0 Å². The van der Waals surface area contributed by atoms with Crippen molar-refractivity contribution in [2.75, 3.05) is 0 Å². The maximum absolute atomic E-state index is 14.4. The predicted octanol–water partition coefficient (Wildman–Crippen LogP) is 6.10. The van der Waals surface area contributed by atoms with Crippen molar-refractivity contribution in [1.29, 1.82) is 0 Å². The van der Waals surface area contributed by atoms with Gasteiger partial charge in [-0.15, -0.1) is 5.10 Å². The maximum atomic E-state index is 14.4.